The molecule has 0 saturated carbocycles. The van der Waals surface area contributed by atoms with Crippen LogP contribution in [-0.2, 0) is 22.1 Å². The van der Waals surface area contributed by atoms with Crippen LogP contribution in [0.3, 0.4) is 0 Å². The Balaban J connectivity index is 1.59. The molecule has 1 aliphatic heterocycles. The number of carboxylic acids is 1. The van der Waals surface area contributed by atoms with E-state index >= 15 is 0 Å². The van der Waals surface area contributed by atoms with E-state index in [1.165, 1.54) is 0 Å². The second-order valence-corrected chi connectivity index (χ2v) is 8.09. The van der Waals surface area contributed by atoms with Gasteiger partial charge in [0.1, 0.15) is 11.9 Å². The Labute approximate surface area is 170 Å². The van der Waals surface area contributed by atoms with Gasteiger partial charge in [0.2, 0.25) is 0 Å². The molecule has 0 bridgehead atoms. The van der Waals surface area contributed by atoms with Crippen LogP contribution in [0.15, 0.2) is 48.5 Å². The highest BCUT2D eigenvalue weighted by Crippen LogP contribution is 2.32. The highest BCUT2D eigenvalue weighted by molar-refractivity contribution is 7.25. The van der Waals surface area contributed by atoms with Crippen molar-refractivity contribution in [1.82, 2.24) is 5.32 Å². The van der Waals surface area contributed by atoms with Crippen molar-refractivity contribution in [3.05, 3.63) is 65.2 Å². The number of morpholine rings is 1. The van der Waals surface area contributed by atoms with E-state index in [-0.39, 0.29) is 18.0 Å². The van der Waals surface area contributed by atoms with E-state index in [1.54, 1.807) is 37.4 Å². The summed E-state index contributed by atoms with van der Waals surface area (Å²) in [6.07, 6.45) is 0.143. The minimum absolute atomic E-state index is 0.0242. The van der Waals surface area contributed by atoms with Crippen molar-refractivity contribution in [2.45, 2.75) is 30.3 Å². The fraction of sp³-hybridized carbons (Fsp3) is 0.381. The Morgan fingerprint density at radius 2 is 2.03 bits per heavy atom. The van der Waals surface area contributed by atoms with Gasteiger partial charge in [0, 0.05) is 19.0 Å². The molecule has 2 aromatic rings. The van der Waals surface area contributed by atoms with Gasteiger partial charge in [-0.1, -0.05) is 24.3 Å². The summed E-state index contributed by atoms with van der Waals surface area (Å²) >= 11 is 0. The maximum atomic E-state index is 11.8. The molecule has 0 amide bonds. The summed E-state index contributed by atoms with van der Waals surface area (Å²) in [5, 5.41) is 21.8. The van der Waals surface area contributed by atoms with Crippen LogP contribution in [0.5, 0.6) is 5.75 Å². The van der Waals surface area contributed by atoms with Crippen molar-refractivity contribution >= 4 is 14.4 Å². The zero-order valence-corrected chi connectivity index (χ0v) is 17.0. The summed E-state index contributed by atoms with van der Waals surface area (Å²) in [6, 6.07) is 14.0. The van der Waals surface area contributed by atoms with Crippen LogP contribution in [0.4, 0.5) is 0 Å². The van der Waals surface area contributed by atoms with Crippen LogP contribution in [-0.4, -0.2) is 53.9 Å². The van der Waals surface area contributed by atoms with Crippen LogP contribution < -0.4 is 10.1 Å². The second-order valence-electron chi connectivity index (χ2n) is 7.13. The molecule has 0 radical (unpaired) electrons. The average molecular weight is 417 g/mol. The molecule has 3 atom stereocenters. The van der Waals surface area contributed by atoms with Gasteiger partial charge in [0.05, 0.1) is 19.3 Å². The number of ether oxygens (including phenoxy) is 2. The summed E-state index contributed by atoms with van der Waals surface area (Å²) in [6.45, 7) is 0.660. The monoisotopic (exact) mass is 417 g/mol. The molecule has 0 aliphatic carbocycles. The molecular weight excluding hydrogens is 393 g/mol. The van der Waals surface area contributed by atoms with Crippen molar-refractivity contribution in [2.24, 2.45) is 0 Å². The third kappa shape index (κ3) is 5.40. The van der Waals surface area contributed by atoms with E-state index in [1.807, 2.05) is 18.2 Å². The number of hydrogen-bond donors (Lipinski definition) is 3. The van der Waals surface area contributed by atoms with Gasteiger partial charge in [0.15, 0.2) is 13.8 Å². The average Bonchev–Trinajstić information content (AvgIpc) is 2.75. The molecule has 0 aromatic heterocycles. The molecule has 1 unspecified atom stereocenters. The molecule has 1 saturated heterocycles. The molecule has 8 heteroatoms. The van der Waals surface area contributed by atoms with Crippen LogP contribution >= 0.6 is 8.46 Å². The number of methoxy groups -OCH3 is 1. The van der Waals surface area contributed by atoms with Gasteiger partial charge in [-0.3, -0.25) is 4.57 Å². The van der Waals surface area contributed by atoms with Gasteiger partial charge >= 0.3 is 5.97 Å². The summed E-state index contributed by atoms with van der Waals surface area (Å²) in [4.78, 5) is 11.1. The van der Waals surface area contributed by atoms with E-state index in [0.717, 1.165) is 11.1 Å². The molecule has 2 aromatic carbocycles. The standard InChI is InChI=1S/C21H24NO6P/c1-27-18-7-5-14(6-8-18)11-21(25,29-26)19-12-22-17(13-28-19)10-15-3-2-4-16(9-15)20(23)24/h2-9,17,19,22,25H,10-13H2,1H3,(H,23,24)/t17-,19+,21?/m1/s1. The fourth-order valence-corrected chi connectivity index (χ4v) is 3.95. The number of nitrogens with one attached hydrogen (secondary N) is 1. The Hall–Kier alpha value is -2.31. The van der Waals surface area contributed by atoms with Crippen molar-refractivity contribution in [2.75, 3.05) is 20.3 Å². The highest BCUT2D eigenvalue weighted by atomic mass is 31.1. The molecule has 1 fully saturated rings. The number of aromatic carboxylic acids is 1. The van der Waals surface area contributed by atoms with Gasteiger partial charge in [-0.05, 0) is 41.8 Å². The number of aliphatic hydroxyl groups is 1. The minimum Gasteiger partial charge on any atom is -0.497 e. The van der Waals surface area contributed by atoms with E-state index in [4.69, 9.17) is 14.6 Å². The lowest BCUT2D eigenvalue weighted by atomic mass is 9.99. The normalized spacial score (nSPS) is 21.4. The molecule has 1 aliphatic rings. The Morgan fingerprint density at radius 3 is 2.62 bits per heavy atom. The third-order valence-corrected chi connectivity index (χ3v) is 5.81. The fourth-order valence-electron chi connectivity index (χ4n) is 3.42. The number of rotatable bonds is 8. The van der Waals surface area contributed by atoms with Crippen molar-refractivity contribution in [3.8, 4) is 5.75 Å². The zero-order valence-electron chi connectivity index (χ0n) is 16.1. The molecule has 1 heterocycles. The van der Waals surface area contributed by atoms with E-state index in [0.29, 0.717) is 25.3 Å². The number of carboxylic acid groups (broad SMARTS) is 1. The largest absolute Gasteiger partial charge is 0.497 e. The lowest BCUT2D eigenvalue weighted by Crippen LogP contribution is -2.55. The maximum Gasteiger partial charge on any atom is 0.335 e. The lowest BCUT2D eigenvalue weighted by Gasteiger charge is -2.37. The highest BCUT2D eigenvalue weighted by Gasteiger charge is 2.41. The second kappa shape index (κ2) is 9.46. The van der Waals surface area contributed by atoms with E-state index in [2.05, 4.69) is 5.32 Å². The zero-order chi connectivity index (χ0) is 20.9. The van der Waals surface area contributed by atoms with Crippen molar-refractivity contribution in [3.63, 3.8) is 0 Å². The summed E-state index contributed by atoms with van der Waals surface area (Å²) < 4.78 is 22.8. The van der Waals surface area contributed by atoms with Crippen LogP contribution in [0.25, 0.3) is 0 Å². The van der Waals surface area contributed by atoms with Crippen molar-refractivity contribution in [1.29, 1.82) is 0 Å². The van der Waals surface area contributed by atoms with Gasteiger partial charge < -0.3 is 25.0 Å². The minimum atomic E-state index is -1.55. The van der Waals surface area contributed by atoms with Gasteiger partial charge in [-0.15, -0.1) is 0 Å². The first kappa shape index (κ1) is 21.4. The molecular formula is C21H24NO6P. The van der Waals surface area contributed by atoms with E-state index < -0.39 is 25.9 Å². The smallest absolute Gasteiger partial charge is 0.335 e. The molecule has 0 spiro atoms. The first-order valence-electron chi connectivity index (χ1n) is 9.30. The first-order valence-corrected chi connectivity index (χ1v) is 10.1. The van der Waals surface area contributed by atoms with Gasteiger partial charge in [0.25, 0.3) is 0 Å². The van der Waals surface area contributed by atoms with Crippen LogP contribution in [0.2, 0.25) is 0 Å². The SMILES string of the molecule is COc1ccc(CC(O)(P=O)[C@@H]2CN[C@H](Cc3cccc(C(=O)O)c3)CO2)cc1. The van der Waals surface area contributed by atoms with Gasteiger partial charge in [-0.25, -0.2) is 4.79 Å². The molecule has 7 nitrogen and oxygen atoms in total. The topological polar surface area (TPSA) is 105 Å². The van der Waals surface area contributed by atoms with Crippen LogP contribution in [0, 0.1) is 0 Å². The number of carbonyl (C=O) groups is 1. The Kier molecular flexibility index (Phi) is 6.98. The predicted octanol–water partition coefficient (Wildman–Crippen LogP) is 2.52. The van der Waals surface area contributed by atoms with Gasteiger partial charge in [-0.2, -0.15) is 0 Å². The molecule has 154 valence electrons. The maximum absolute atomic E-state index is 11.8. The molecule has 3 N–H and O–H groups in total. The summed E-state index contributed by atoms with van der Waals surface area (Å²) in [5.74, 6) is -0.250. The summed E-state index contributed by atoms with van der Waals surface area (Å²) in [5.41, 5.74) is 1.96. The molecule has 3 rings (SSSR count). The Bertz CT molecular complexity index is 851. The van der Waals surface area contributed by atoms with E-state index in [9.17, 15) is 14.5 Å². The quantitative estimate of drug-likeness (QED) is 0.567. The molecule has 29 heavy (non-hydrogen) atoms. The number of benzene rings is 2. The first-order chi connectivity index (χ1) is 13.9. The predicted molar refractivity (Wildman–Crippen MR) is 108 cm³/mol. The Morgan fingerprint density at radius 1 is 1.28 bits per heavy atom. The number of hydrogen-bond acceptors (Lipinski definition) is 6. The van der Waals surface area contributed by atoms with Crippen LogP contribution in [0.1, 0.15) is 21.5 Å². The third-order valence-electron chi connectivity index (χ3n) is 5.04. The van der Waals surface area contributed by atoms with Crippen molar-refractivity contribution < 1.29 is 29.0 Å². The summed E-state index contributed by atoms with van der Waals surface area (Å²) in [7, 11) is 1.18. The lowest BCUT2D eigenvalue weighted by molar-refractivity contribution is -0.0845.